The summed E-state index contributed by atoms with van der Waals surface area (Å²) in [5.41, 5.74) is 1.75. The van der Waals surface area contributed by atoms with Crippen molar-refractivity contribution in [1.82, 2.24) is 4.98 Å². The van der Waals surface area contributed by atoms with E-state index in [2.05, 4.69) is 10.1 Å². The number of aromatic nitrogens is 1. The number of rotatable bonds is 4. The van der Waals surface area contributed by atoms with Gasteiger partial charge in [-0.3, -0.25) is 5.43 Å². The summed E-state index contributed by atoms with van der Waals surface area (Å²) in [4.78, 5) is 2.43. The standard InChI is InChI=1S/C14H9F4N3/c15-10-12(11(16)14(18)20-13(10)17)21-19-8-4-7-9-5-2-1-3-6-9/h1-8H,(H,20,21)/b7-4+,19-8-. The average Bonchev–Trinajstić information content (AvgIpc) is 2.49. The predicted octanol–water partition coefficient (Wildman–Crippen LogP) is 3.75. The minimum Gasteiger partial charge on any atom is -0.272 e. The molecule has 0 bridgehead atoms. The SMILES string of the molecule is Fc1nc(F)c(F)c(N/N=C\C=C\c2ccccc2)c1F. The lowest BCUT2D eigenvalue weighted by molar-refractivity contribution is 0.411. The van der Waals surface area contributed by atoms with Crippen LogP contribution in [0.5, 0.6) is 0 Å². The van der Waals surface area contributed by atoms with Gasteiger partial charge in [0.15, 0.2) is 0 Å². The molecule has 0 radical (unpaired) electrons. The van der Waals surface area contributed by atoms with E-state index in [1.807, 2.05) is 35.8 Å². The van der Waals surface area contributed by atoms with Crippen LogP contribution in [-0.2, 0) is 0 Å². The summed E-state index contributed by atoms with van der Waals surface area (Å²) in [6.07, 6.45) is 4.36. The van der Waals surface area contributed by atoms with Crippen molar-refractivity contribution >= 4 is 18.0 Å². The topological polar surface area (TPSA) is 37.3 Å². The number of nitrogens with one attached hydrogen (secondary N) is 1. The van der Waals surface area contributed by atoms with Gasteiger partial charge < -0.3 is 0 Å². The van der Waals surface area contributed by atoms with Gasteiger partial charge in [-0.15, -0.1) is 0 Å². The predicted molar refractivity (Wildman–Crippen MR) is 71.7 cm³/mol. The van der Waals surface area contributed by atoms with Gasteiger partial charge in [-0.05, 0) is 11.6 Å². The Balaban J connectivity index is 2.07. The van der Waals surface area contributed by atoms with Gasteiger partial charge in [0.05, 0.1) is 0 Å². The molecule has 0 atom stereocenters. The highest BCUT2D eigenvalue weighted by molar-refractivity contribution is 5.78. The molecule has 2 aromatic rings. The number of pyridine rings is 1. The van der Waals surface area contributed by atoms with E-state index in [-0.39, 0.29) is 0 Å². The molecule has 0 spiro atoms. The number of hydrogen-bond acceptors (Lipinski definition) is 3. The molecule has 1 N–H and O–H groups in total. The lowest BCUT2D eigenvalue weighted by Gasteiger charge is -2.04. The first-order valence-electron chi connectivity index (χ1n) is 5.80. The van der Waals surface area contributed by atoms with E-state index in [0.29, 0.717) is 0 Å². The second-order valence-electron chi connectivity index (χ2n) is 3.86. The van der Waals surface area contributed by atoms with Gasteiger partial charge in [0.1, 0.15) is 5.69 Å². The summed E-state index contributed by atoms with van der Waals surface area (Å²) >= 11 is 0. The lowest BCUT2D eigenvalue weighted by atomic mass is 10.2. The number of benzene rings is 1. The Hall–Kier alpha value is -2.70. The van der Waals surface area contributed by atoms with Crippen LogP contribution in [0.1, 0.15) is 5.56 Å². The van der Waals surface area contributed by atoms with E-state index in [1.54, 1.807) is 6.08 Å². The molecule has 0 aliphatic carbocycles. The molecule has 0 amide bonds. The maximum atomic E-state index is 13.2. The fourth-order valence-electron chi connectivity index (χ4n) is 1.45. The van der Waals surface area contributed by atoms with Crippen LogP contribution < -0.4 is 5.43 Å². The Morgan fingerprint density at radius 2 is 1.57 bits per heavy atom. The molecule has 1 aromatic carbocycles. The molecular weight excluding hydrogens is 286 g/mol. The van der Waals surface area contributed by atoms with E-state index in [9.17, 15) is 17.6 Å². The van der Waals surface area contributed by atoms with Crippen LogP contribution in [0, 0.1) is 23.5 Å². The fraction of sp³-hybridized carbons (Fsp3) is 0. The zero-order chi connectivity index (χ0) is 15.2. The molecule has 1 aromatic heterocycles. The van der Waals surface area contributed by atoms with E-state index < -0.39 is 29.2 Å². The monoisotopic (exact) mass is 295 g/mol. The Labute approximate surface area is 117 Å². The van der Waals surface area contributed by atoms with Gasteiger partial charge in [0.25, 0.3) is 11.9 Å². The fourth-order valence-corrected chi connectivity index (χ4v) is 1.45. The summed E-state index contributed by atoms with van der Waals surface area (Å²) in [5, 5.41) is 3.46. The van der Waals surface area contributed by atoms with Crippen molar-refractivity contribution in [3.63, 3.8) is 0 Å². The molecule has 0 unspecified atom stereocenters. The van der Waals surface area contributed by atoms with Crippen LogP contribution in [0.25, 0.3) is 6.08 Å². The van der Waals surface area contributed by atoms with Crippen LogP contribution in [0.4, 0.5) is 23.2 Å². The molecule has 0 fully saturated rings. The van der Waals surface area contributed by atoms with Crippen molar-refractivity contribution in [3.8, 4) is 0 Å². The van der Waals surface area contributed by atoms with Gasteiger partial charge in [0, 0.05) is 6.21 Å². The molecule has 7 heteroatoms. The van der Waals surface area contributed by atoms with E-state index in [1.165, 1.54) is 12.3 Å². The number of allylic oxidation sites excluding steroid dienone is 1. The zero-order valence-electron chi connectivity index (χ0n) is 10.5. The number of hydrazone groups is 1. The van der Waals surface area contributed by atoms with Gasteiger partial charge >= 0.3 is 0 Å². The smallest absolute Gasteiger partial charge is 0.254 e. The molecule has 0 saturated heterocycles. The van der Waals surface area contributed by atoms with Crippen molar-refractivity contribution in [2.75, 3.05) is 5.43 Å². The molecule has 21 heavy (non-hydrogen) atoms. The van der Waals surface area contributed by atoms with Crippen molar-refractivity contribution < 1.29 is 17.6 Å². The average molecular weight is 295 g/mol. The van der Waals surface area contributed by atoms with Crippen LogP contribution in [0.3, 0.4) is 0 Å². The van der Waals surface area contributed by atoms with Crippen molar-refractivity contribution in [1.29, 1.82) is 0 Å². The van der Waals surface area contributed by atoms with Crippen molar-refractivity contribution in [3.05, 3.63) is 65.5 Å². The van der Waals surface area contributed by atoms with Gasteiger partial charge in [-0.25, -0.2) is 0 Å². The summed E-state index contributed by atoms with van der Waals surface area (Å²) < 4.78 is 52.1. The molecule has 1 heterocycles. The van der Waals surface area contributed by atoms with Crippen LogP contribution in [0.2, 0.25) is 0 Å². The molecule has 0 aliphatic heterocycles. The minimum atomic E-state index is -1.74. The molecule has 3 nitrogen and oxygen atoms in total. The second-order valence-corrected chi connectivity index (χ2v) is 3.86. The highest BCUT2D eigenvalue weighted by Gasteiger charge is 2.20. The third-order valence-corrected chi connectivity index (χ3v) is 2.42. The first kappa shape index (κ1) is 14.7. The zero-order valence-corrected chi connectivity index (χ0v) is 10.5. The number of nitrogens with zero attached hydrogens (tertiary/aromatic N) is 2. The molecule has 0 saturated carbocycles. The molecule has 0 aliphatic rings. The van der Waals surface area contributed by atoms with Crippen molar-refractivity contribution in [2.45, 2.75) is 0 Å². The Bertz CT molecular complexity index is 658. The highest BCUT2D eigenvalue weighted by atomic mass is 19.2. The lowest BCUT2D eigenvalue weighted by Crippen LogP contribution is -2.05. The molecular formula is C14H9F4N3. The normalized spacial score (nSPS) is 11.4. The second kappa shape index (κ2) is 6.65. The quantitative estimate of drug-likeness (QED) is 0.404. The summed E-state index contributed by atoms with van der Waals surface area (Å²) in [5.74, 6) is -6.77. The minimum absolute atomic E-state index is 0.891. The Morgan fingerprint density at radius 1 is 0.952 bits per heavy atom. The Kier molecular flexibility index (Phi) is 4.65. The highest BCUT2D eigenvalue weighted by Crippen LogP contribution is 2.21. The first-order valence-corrected chi connectivity index (χ1v) is 5.80. The number of hydrogen-bond donors (Lipinski definition) is 1. The largest absolute Gasteiger partial charge is 0.272 e. The van der Waals surface area contributed by atoms with Crippen LogP contribution in [-0.4, -0.2) is 11.2 Å². The number of anilines is 1. The molecule has 108 valence electrons. The van der Waals surface area contributed by atoms with Gasteiger partial charge in [-0.1, -0.05) is 36.4 Å². The number of halogens is 4. The summed E-state index contributed by atoms with van der Waals surface area (Å²) in [6.45, 7) is 0. The summed E-state index contributed by atoms with van der Waals surface area (Å²) in [7, 11) is 0. The maximum absolute atomic E-state index is 13.2. The summed E-state index contributed by atoms with van der Waals surface area (Å²) in [6, 6.07) is 9.20. The third-order valence-electron chi connectivity index (χ3n) is 2.42. The third kappa shape index (κ3) is 3.65. The van der Waals surface area contributed by atoms with E-state index >= 15 is 0 Å². The Morgan fingerprint density at radius 3 is 2.19 bits per heavy atom. The first-order chi connectivity index (χ1) is 10.1. The van der Waals surface area contributed by atoms with E-state index in [4.69, 9.17) is 0 Å². The van der Waals surface area contributed by atoms with Gasteiger partial charge in [-0.2, -0.15) is 27.6 Å². The van der Waals surface area contributed by atoms with Crippen LogP contribution in [0.15, 0.2) is 41.5 Å². The van der Waals surface area contributed by atoms with Gasteiger partial charge in [0.2, 0.25) is 11.6 Å². The van der Waals surface area contributed by atoms with Crippen LogP contribution >= 0.6 is 0 Å². The molecule has 2 rings (SSSR count). The van der Waals surface area contributed by atoms with Crippen molar-refractivity contribution in [2.24, 2.45) is 5.10 Å². The van der Waals surface area contributed by atoms with E-state index in [0.717, 1.165) is 5.56 Å². The maximum Gasteiger partial charge on any atom is 0.254 e.